The van der Waals surface area contributed by atoms with Crippen LogP contribution in [0.15, 0.2) is 24.3 Å². The van der Waals surface area contributed by atoms with Crippen molar-refractivity contribution in [1.29, 1.82) is 0 Å². The van der Waals surface area contributed by atoms with Crippen LogP contribution >= 0.6 is 11.8 Å². The first-order valence-corrected chi connectivity index (χ1v) is 7.18. The van der Waals surface area contributed by atoms with Gasteiger partial charge in [0.2, 0.25) is 0 Å². The minimum atomic E-state index is -4.32. The van der Waals surface area contributed by atoms with Gasteiger partial charge in [-0.25, -0.2) is 0 Å². The summed E-state index contributed by atoms with van der Waals surface area (Å²) < 4.78 is 37.9. The number of alkyl halides is 3. The van der Waals surface area contributed by atoms with E-state index in [0.29, 0.717) is 16.6 Å². The van der Waals surface area contributed by atoms with Crippen molar-refractivity contribution in [1.82, 2.24) is 5.43 Å². The molecule has 108 valence electrons. The number of benzene rings is 1. The molecule has 6 heteroatoms. The Morgan fingerprint density at radius 3 is 2.58 bits per heavy atom. The standard InChI is InChI=1S/C13H19F3N2S/c1-3-9(2)19-8-12(18-17)10-5-4-6-11(7-10)13(14,15)16/h4-7,9,12,18H,3,8,17H2,1-2H3. The molecule has 0 heterocycles. The average molecular weight is 292 g/mol. The Kier molecular flexibility index (Phi) is 6.16. The first-order valence-electron chi connectivity index (χ1n) is 6.13. The lowest BCUT2D eigenvalue weighted by atomic mass is 10.1. The van der Waals surface area contributed by atoms with Gasteiger partial charge in [-0.1, -0.05) is 26.0 Å². The summed E-state index contributed by atoms with van der Waals surface area (Å²) >= 11 is 1.69. The zero-order valence-electron chi connectivity index (χ0n) is 11.0. The van der Waals surface area contributed by atoms with Crippen molar-refractivity contribution >= 4 is 11.8 Å². The van der Waals surface area contributed by atoms with Crippen molar-refractivity contribution in [2.45, 2.75) is 37.7 Å². The molecule has 2 unspecified atom stereocenters. The van der Waals surface area contributed by atoms with E-state index < -0.39 is 11.7 Å². The highest BCUT2D eigenvalue weighted by molar-refractivity contribution is 7.99. The Bertz CT molecular complexity index is 396. The smallest absolute Gasteiger partial charge is 0.271 e. The SMILES string of the molecule is CCC(C)SCC(NN)c1cccc(C(F)(F)F)c1. The minimum absolute atomic E-state index is 0.277. The van der Waals surface area contributed by atoms with Gasteiger partial charge in [-0.15, -0.1) is 0 Å². The summed E-state index contributed by atoms with van der Waals surface area (Å²) in [6, 6.07) is 5.02. The summed E-state index contributed by atoms with van der Waals surface area (Å²) in [5.41, 5.74) is 2.51. The largest absolute Gasteiger partial charge is 0.416 e. The molecule has 0 spiro atoms. The summed E-state index contributed by atoms with van der Waals surface area (Å²) in [5, 5.41) is 0.460. The molecule has 0 bridgehead atoms. The van der Waals surface area contributed by atoms with Crippen LogP contribution in [0.1, 0.15) is 37.4 Å². The predicted molar refractivity (Wildman–Crippen MR) is 73.7 cm³/mol. The lowest BCUT2D eigenvalue weighted by Crippen LogP contribution is -2.30. The van der Waals surface area contributed by atoms with Gasteiger partial charge < -0.3 is 0 Å². The summed E-state index contributed by atoms with van der Waals surface area (Å²) in [6.45, 7) is 4.16. The quantitative estimate of drug-likeness (QED) is 0.619. The maximum absolute atomic E-state index is 12.6. The van der Waals surface area contributed by atoms with Crippen molar-refractivity contribution in [2.75, 3.05) is 5.75 Å². The van der Waals surface area contributed by atoms with Crippen molar-refractivity contribution in [3.63, 3.8) is 0 Å². The lowest BCUT2D eigenvalue weighted by Gasteiger charge is -2.19. The Morgan fingerprint density at radius 2 is 2.05 bits per heavy atom. The van der Waals surface area contributed by atoms with Crippen molar-refractivity contribution in [3.8, 4) is 0 Å². The summed E-state index contributed by atoms with van der Waals surface area (Å²) in [4.78, 5) is 0. The van der Waals surface area contributed by atoms with Gasteiger partial charge in [-0.2, -0.15) is 24.9 Å². The third-order valence-corrected chi connectivity index (χ3v) is 4.37. The first-order chi connectivity index (χ1) is 8.88. The normalized spacial score (nSPS) is 15.3. The number of rotatable bonds is 6. The van der Waals surface area contributed by atoms with Crippen molar-refractivity contribution in [3.05, 3.63) is 35.4 Å². The fraction of sp³-hybridized carbons (Fsp3) is 0.538. The van der Waals surface area contributed by atoms with Crippen LogP contribution < -0.4 is 11.3 Å². The van der Waals surface area contributed by atoms with Gasteiger partial charge >= 0.3 is 6.18 Å². The van der Waals surface area contributed by atoms with E-state index in [-0.39, 0.29) is 6.04 Å². The molecule has 2 nitrogen and oxygen atoms in total. The number of nitrogens with one attached hydrogen (secondary N) is 1. The topological polar surface area (TPSA) is 38.0 Å². The van der Waals surface area contributed by atoms with Crippen molar-refractivity contribution in [2.24, 2.45) is 5.84 Å². The van der Waals surface area contributed by atoms with Crippen molar-refractivity contribution < 1.29 is 13.2 Å². The second-order valence-corrected chi connectivity index (χ2v) is 5.87. The molecule has 3 N–H and O–H groups in total. The molecule has 0 aliphatic carbocycles. The summed E-state index contributed by atoms with van der Waals surface area (Å²) in [6.07, 6.45) is -3.30. The monoisotopic (exact) mass is 292 g/mol. The number of hydrogen-bond acceptors (Lipinski definition) is 3. The van der Waals surface area contributed by atoms with Gasteiger partial charge in [0, 0.05) is 11.0 Å². The Labute approximate surface area is 115 Å². The zero-order chi connectivity index (χ0) is 14.5. The van der Waals surface area contributed by atoms with Crippen LogP contribution in [0.4, 0.5) is 13.2 Å². The first kappa shape index (κ1) is 16.3. The van der Waals surface area contributed by atoms with Crippen LogP contribution in [0.2, 0.25) is 0 Å². The fourth-order valence-corrected chi connectivity index (χ4v) is 2.60. The molecule has 0 amide bonds. The molecule has 1 rings (SSSR count). The van der Waals surface area contributed by atoms with Crippen LogP contribution in [-0.4, -0.2) is 11.0 Å². The van der Waals surface area contributed by atoms with E-state index >= 15 is 0 Å². The third kappa shape index (κ3) is 5.04. The van der Waals surface area contributed by atoms with E-state index in [0.717, 1.165) is 18.6 Å². The molecule has 0 fully saturated rings. The molecule has 2 atom stereocenters. The number of hydrogen-bond donors (Lipinski definition) is 2. The molecule has 0 aromatic heterocycles. The molecule has 1 aromatic carbocycles. The van der Waals surface area contributed by atoms with Gasteiger partial charge in [0.1, 0.15) is 0 Å². The second-order valence-electron chi connectivity index (χ2n) is 4.39. The van der Waals surface area contributed by atoms with Crippen LogP contribution in [0.3, 0.4) is 0 Å². The molecule has 19 heavy (non-hydrogen) atoms. The van der Waals surface area contributed by atoms with E-state index in [1.807, 2.05) is 0 Å². The maximum atomic E-state index is 12.6. The Balaban J connectivity index is 2.81. The molecule has 0 aliphatic rings. The van der Waals surface area contributed by atoms with E-state index in [4.69, 9.17) is 5.84 Å². The van der Waals surface area contributed by atoms with Crippen LogP contribution in [0.25, 0.3) is 0 Å². The predicted octanol–water partition coefficient (Wildman–Crippen LogP) is 3.74. The Hall–Kier alpha value is -0.720. The maximum Gasteiger partial charge on any atom is 0.416 e. The molecule has 0 saturated carbocycles. The third-order valence-electron chi connectivity index (χ3n) is 2.94. The van der Waals surface area contributed by atoms with Gasteiger partial charge in [0.15, 0.2) is 0 Å². The molecule has 1 aromatic rings. The highest BCUT2D eigenvalue weighted by Gasteiger charge is 2.30. The number of halogens is 3. The molecule has 0 radical (unpaired) electrons. The summed E-state index contributed by atoms with van der Waals surface area (Å²) in [5.74, 6) is 6.09. The zero-order valence-corrected chi connectivity index (χ0v) is 11.8. The van der Waals surface area contributed by atoms with Gasteiger partial charge in [0.25, 0.3) is 0 Å². The van der Waals surface area contributed by atoms with Crippen LogP contribution in [-0.2, 0) is 6.18 Å². The van der Waals surface area contributed by atoms with E-state index in [1.165, 1.54) is 6.07 Å². The van der Waals surface area contributed by atoms with Gasteiger partial charge in [-0.05, 0) is 24.1 Å². The fourth-order valence-electron chi connectivity index (χ4n) is 1.55. The molecule has 0 aliphatic heterocycles. The highest BCUT2D eigenvalue weighted by atomic mass is 32.2. The number of thioether (sulfide) groups is 1. The molecular weight excluding hydrogens is 273 g/mol. The number of nitrogens with two attached hydrogens (primary N) is 1. The summed E-state index contributed by atoms with van der Waals surface area (Å²) in [7, 11) is 0. The van der Waals surface area contributed by atoms with Gasteiger partial charge in [0.05, 0.1) is 11.6 Å². The van der Waals surface area contributed by atoms with E-state index in [1.54, 1.807) is 17.8 Å². The Morgan fingerprint density at radius 1 is 1.37 bits per heavy atom. The number of hydrazine groups is 1. The van der Waals surface area contributed by atoms with Crippen LogP contribution in [0.5, 0.6) is 0 Å². The van der Waals surface area contributed by atoms with Gasteiger partial charge in [-0.3, -0.25) is 11.3 Å². The lowest BCUT2D eigenvalue weighted by molar-refractivity contribution is -0.137. The molecular formula is C13H19F3N2S. The highest BCUT2D eigenvalue weighted by Crippen LogP contribution is 2.31. The van der Waals surface area contributed by atoms with E-state index in [2.05, 4.69) is 19.3 Å². The minimum Gasteiger partial charge on any atom is -0.271 e. The molecule has 0 saturated heterocycles. The van der Waals surface area contributed by atoms with E-state index in [9.17, 15) is 13.2 Å². The average Bonchev–Trinajstić information content (AvgIpc) is 2.38. The second kappa shape index (κ2) is 7.17. The van der Waals surface area contributed by atoms with Crippen LogP contribution in [0, 0.1) is 0 Å².